The number of fused-ring (bicyclic) bond motifs is 2. The van der Waals surface area contributed by atoms with Crippen LogP contribution in [0.2, 0.25) is 0 Å². The molecule has 9 nitrogen and oxygen atoms in total. The number of rotatable bonds is 3. The van der Waals surface area contributed by atoms with Gasteiger partial charge in [-0.2, -0.15) is 13.2 Å². The van der Waals surface area contributed by atoms with Crippen LogP contribution in [0.1, 0.15) is 34.7 Å². The van der Waals surface area contributed by atoms with E-state index in [-0.39, 0.29) is 5.69 Å². The molecule has 5 rings (SSSR count). The van der Waals surface area contributed by atoms with Crippen molar-refractivity contribution in [3.8, 4) is 0 Å². The summed E-state index contributed by atoms with van der Waals surface area (Å²) in [5, 5.41) is 16.7. The molecule has 1 aliphatic heterocycles. The number of hydrogen-bond acceptors (Lipinski definition) is 7. The molecule has 30 heavy (non-hydrogen) atoms. The largest absolute Gasteiger partial charge is 0.417 e. The predicted molar refractivity (Wildman–Crippen MR) is 96.6 cm³/mol. The quantitative estimate of drug-likeness (QED) is 0.588. The van der Waals surface area contributed by atoms with Crippen molar-refractivity contribution in [1.29, 1.82) is 0 Å². The number of anilines is 1. The highest BCUT2D eigenvalue weighted by molar-refractivity contribution is 5.94. The minimum atomic E-state index is -4.72. The van der Waals surface area contributed by atoms with Gasteiger partial charge in [0, 0.05) is 43.6 Å². The summed E-state index contributed by atoms with van der Waals surface area (Å²) in [6.45, 7) is 0.915. The Morgan fingerprint density at radius 1 is 1.37 bits per heavy atom. The van der Waals surface area contributed by atoms with E-state index in [0.29, 0.717) is 42.3 Å². The van der Waals surface area contributed by atoms with Crippen LogP contribution in [0.3, 0.4) is 0 Å². The summed E-state index contributed by atoms with van der Waals surface area (Å²) in [6, 6.07) is 1.08. The first kappa shape index (κ1) is 18.9. The van der Waals surface area contributed by atoms with E-state index >= 15 is 0 Å². The van der Waals surface area contributed by atoms with Crippen molar-refractivity contribution in [2.24, 2.45) is 0 Å². The van der Waals surface area contributed by atoms with Crippen molar-refractivity contribution in [3.05, 3.63) is 35.6 Å². The van der Waals surface area contributed by atoms with Crippen molar-refractivity contribution in [1.82, 2.24) is 25.4 Å². The highest BCUT2D eigenvalue weighted by atomic mass is 19.4. The fourth-order valence-electron chi connectivity index (χ4n) is 4.02. The van der Waals surface area contributed by atoms with Crippen LogP contribution in [0.25, 0.3) is 11.0 Å². The van der Waals surface area contributed by atoms with Crippen molar-refractivity contribution in [3.63, 3.8) is 0 Å². The second kappa shape index (κ2) is 6.42. The summed E-state index contributed by atoms with van der Waals surface area (Å²) in [5.41, 5.74) is -1.45. The summed E-state index contributed by atoms with van der Waals surface area (Å²) in [5.74, 6) is 0.649. The van der Waals surface area contributed by atoms with Crippen LogP contribution in [0.5, 0.6) is 0 Å². The van der Waals surface area contributed by atoms with Crippen molar-refractivity contribution >= 4 is 22.8 Å². The Labute approximate surface area is 167 Å². The average Bonchev–Trinajstić information content (AvgIpc) is 3.31. The molecule has 2 aliphatic rings. The number of aliphatic hydroxyl groups is 1. The first-order valence-electron chi connectivity index (χ1n) is 9.35. The Morgan fingerprint density at radius 2 is 2.17 bits per heavy atom. The molecule has 12 heteroatoms. The summed E-state index contributed by atoms with van der Waals surface area (Å²) in [7, 11) is 0. The highest BCUT2D eigenvalue weighted by Crippen LogP contribution is 2.45. The summed E-state index contributed by atoms with van der Waals surface area (Å²) in [4.78, 5) is 26.1. The molecular formula is C18H17F3N6O3. The van der Waals surface area contributed by atoms with Crippen molar-refractivity contribution < 1.29 is 27.6 Å². The standard InChI is InChI=1S/C18H17F3N6O3/c19-18(20,21)17(29)5-9(6-17)25-16(28)13-11-7-27(4-2-12(11)30-26-13)15-10-1-3-22-14(10)23-8-24-15/h1,3,8-9,29H,2,4-7H2,(H,25,28)(H,22,23,24)/t9-,17+. The molecule has 1 saturated carbocycles. The first-order chi connectivity index (χ1) is 14.2. The van der Waals surface area contributed by atoms with Gasteiger partial charge in [0.2, 0.25) is 0 Å². The molecule has 0 saturated heterocycles. The van der Waals surface area contributed by atoms with Crippen LogP contribution in [-0.4, -0.2) is 55.5 Å². The third-order valence-corrected chi connectivity index (χ3v) is 5.71. The van der Waals surface area contributed by atoms with Gasteiger partial charge in [-0.1, -0.05) is 5.16 Å². The lowest BCUT2D eigenvalue weighted by atomic mass is 9.75. The molecule has 0 radical (unpaired) electrons. The molecule has 3 N–H and O–H groups in total. The molecule has 3 aromatic rings. The van der Waals surface area contributed by atoms with Crippen LogP contribution >= 0.6 is 0 Å². The lowest BCUT2D eigenvalue weighted by molar-refractivity contribution is -0.291. The molecular weight excluding hydrogens is 405 g/mol. The molecule has 158 valence electrons. The number of alkyl halides is 3. The van der Waals surface area contributed by atoms with Gasteiger partial charge in [0.15, 0.2) is 11.3 Å². The molecule has 3 aromatic heterocycles. The molecule has 0 spiro atoms. The van der Waals surface area contributed by atoms with Crippen LogP contribution < -0.4 is 10.2 Å². The predicted octanol–water partition coefficient (Wildman–Crippen LogP) is 1.69. The second-order valence-electron chi connectivity index (χ2n) is 7.65. The summed E-state index contributed by atoms with van der Waals surface area (Å²) < 4.78 is 43.6. The molecule has 1 fully saturated rings. The number of aromatic nitrogens is 4. The monoisotopic (exact) mass is 422 g/mol. The number of nitrogens with zero attached hydrogens (tertiary/aromatic N) is 4. The van der Waals surface area contributed by atoms with E-state index in [2.05, 4.69) is 25.4 Å². The van der Waals surface area contributed by atoms with Crippen LogP contribution in [0, 0.1) is 0 Å². The van der Waals surface area contributed by atoms with E-state index in [0.717, 1.165) is 5.39 Å². The molecule has 1 aliphatic carbocycles. The van der Waals surface area contributed by atoms with E-state index < -0.39 is 36.6 Å². The van der Waals surface area contributed by atoms with Crippen LogP contribution in [0.4, 0.5) is 19.0 Å². The topological polar surface area (TPSA) is 120 Å². The van der Waals surface area contributed by atoms with E-state index in [9.17, 15) is 23.1 Å². The number of carbonyl (C=O) groups is 1. The van der Waals surface area contributed by atoms with Crippen molar-refractivity contribution in [2.45, 2.75) is 43.6 Å². The van der Waals surface area contributed by atoms with Gasteiger partial charge in [0.05, 0.1) is 11.9 Å². The smallest absolute Gasteiger partial charge is 0.380 e. The zero-order chi connectivity index (χ0) is 21.1. The van der Waals surface area contributed by atoms with Gasteiger partial charge in [0.1, 0.15) is 23.6 Å². The lowest BCUT2D eigenvalue weighted by Gasteiger charge is -2.44. The molecule has 0 atom stereocenters. The Balaban J connectivity index is 1.33. The highest BCUT2D eigenvalue weighted by Gasteiger charge is 2.61. The molecule has 1 amide bonds. The Morgan fingerprint density at radius 3 is 2.93 bits per heavy atom. The van der Waals surface area contributed by atoms with E-state index in [1.807, 2.05) is 11.0 Å². The van der Waals surface area contributed by atoms with Gasteiger partial charge >= 0.3 is 6.18 Å². The number of aromatic amines is 1. The molecule has 0 aromatic carbocycles. The molecule has 4 heterocycles. The zero-order valence-electron chi connectivity index (χ0n) is 15.5. The van der Waals surface area contributed by atoms with Gasteiger partial charge in [-0.3, -0.25) is 4.79 Å². The number of carbonyl (C=O) groups excluding carboxylic acids is 1. The zero-order valence-corrected chi connectivity index (χ0v) is 15.5. The minimum Gasteiger partial charge on any atom is -0.380 e. The van der Waals surface area contributed by atoms with E-state index in [1.54, 1.807) is 6.20 Å². The fourth-order valence-corrected chi connectivity index (χ4v) is 4.02. The maximum atomic E-state index is 12.8. The summed E-state index contributed by atoms with van der Waals surface area (Å²) >= 11 is 0. The Hall–Kier alpha value is -3.15. The Bertz CT molecular complexity index is 1120. The first-order valence-corrected chi connectivity index (χ1v) is 9.35. The van der Waals surface area contributed by atoms with Gasteiger partial charge in [-0.25, -0.2) is 9.97 Å². The maximum absolute atomic E-state index is 12.8. The number of halogens is 3. The van der Waals surface area contributed by atoms with E-state index in [4.69, 9.17) is 4.52 Å². The number of hydrogen-bond donors (Lipinski definition) is 3. The lowest BCUT2D eigenvalue weighted by Crippen LogP contribution is -2.62. The fraction of sp³-hybridized carbons (Fsp3) is 0.444. The maximum Gasteiger partial charge on any atom is 0.417 e. The third-order valence-electron chi connectivity index (χ3n) is 5.71. The second-order valence-corrected chi connectivity index (χ2v) is 7.65. The SMILES string of the molecule is O=C(N[C@H]1C[C@](O)(C(F)(F)F)C1)c1noc2c1CN(c1ncnc3[nH]ccc13)CC2. The number of nitrogens with one attached hydrogen (secondary N) is 2. The van der Waals surface area contributed by atoms with Crippen LogP contribution in [0.15, 0.2) is 23.1 Å². The molecule has 0 unspecified atom stereocenters. The van der Waals surface area contributed by atoms with Gasteiger partial charge < -0.3 is 24.8 Å². The normalized spacial score (nSPS) is 23.9. The molecule has 0 bridgehead atoms. The van der Waals surface area contributed by atoms with Crippen LogP contribution in [-0.2, 0) is 13.0 Å². The van der Waals surface area contributed by atoms with E-state index in [1.165, 1.54) is 6.33 Å². The Kier molecular flexibility index (Phi) is 4.04. The average molecular weight is 422 g/mol. The minimum absolute atomic E-state index is 0.0384. The summed E-state index contributed by atoms with van der Waals surface area (Å²) in [6.07, 6.45) is -2.17. The van der Waals surface area contributed by atoms with Crippen molar-refractivity contribution in [2.75, 3.05) is 11.4 Å². The number of H-pyrrole nitrogens is 1. The number of amides is 1. The third kappa shape index (κ3) is 2.90. The van der Waals surface area contributed by atoms with Gasteiger partial charge in [-0.05, 0) is 6.07 Å². The van der Waals surface area contributed by atoms with Gasteiger partial charge in [-0.15, -0.1) is 0 Å². The van der Waals surface area contributed by atoms with Gasteiger partial charge in [0.25, 0.3) is 5.91 Å².